The van der Waals surface area contributed by atoms with E-state index in [2.05, 4.69) is 25.9 Å². The van der Waals surface area contributed by atoms with Crippen LogP contribution in [0.15, 0.2) is 24.5 Å². The lowest BCUT2D eigenvalue weighted by Crippen LogP contribution is -2.43. The highest BCUT2D eigenvalue weighted by Gasteiger charge is 2.33. The van der Waals surface area contributed by atoms with Gasteiger partial charge >= 0.3 is 18.2 Å². The van der Waals surface area contributed by atoms with Gasteiger partial charge in [0.1, 0.15) is 35.5 Å². The first-order valence-electron chi connectivity index (χ1n) is 15.1. The molecule has 3 aromatic rings. The van der Waals surface area contributed by atoms with Gasteiger partial charge in [0.2, 0.25) is 5.88 Å². The fourth-order valence-electron chi connectivity index (χ4n) is 5.15. The molecule has 15 heteroatoms. The van der Waals surface area contributed by atoms with Crippen molar-refractivity contribution in [1.29, 1.82) is 0 Å². The average Bonchev–Trinajstić information content (AvgIpc) is 3.36. The number of nitrogens with one attached hydrogen (secondary N) is 3. The fourth-order valence-corrected chi connectivity index (χ4v) is 5.15. The van der Waals surface area contributed by atoms with Crippen molar-refractivity contribution in [2.75, 3.05) is 41.9 Å². The zero-order valence-corrected chi connectivity index (χ0v) is 27.2. The lowest BCUT2D eigenvalue weighted by atomic mass is 9.96. The van der Waals surface area contributed by atoms with E-state index in [1.165, 1.54) is 29.4 Å². The molecule has 2 aliphatic heterocycles. The van der Waals surface area contributed by atoms with Crippen LogP contribution in [0.25, 0.3) is 21.9 Å². The molecule has 3 N–H and O–H groups in total. The number of nitrogens with zero attached hydrogens (tertiary/aromatic N) is 3. The predicted molar refractivity (Wildman–Crippen MR) is 170 cm³/mol. The van der Waals surface area contributed by atoms with Gasteiger partial charge in [0.05, 0.1) is 31.5 Å². The number of fused-ring (bicyclic) bond motifs is 2. The average molecular weight is 657 g/mol. The quantitative estimate of drug-likeness (QED) is 0.303. The molecule has 2 aromatic heterocycles. The van der Waals surface area contributed by atoms with Gasteiger partial charge in [-0.25, -0.2) is 33.1 Å². The van der Waals surface area contributed by atoms with E-state index >= 15 is 4.39 Å². The third-order valence-corrected chi connectivity index (χ3v) is 7.16. The van der Waals surface area contributed by atoms with E-state index in [1.54, 1.807) is 48.5 Å². The molecule has 0 saturated carbocycles. The number of ether oxygens (including phenoxy) is 4. The lowest BCUT2D eigenvalue weighted by molar-refractivity contribution is 0.0564. The van der Waals surface area contributed by atoms with Gasteiger partial charge in [0.15, 0.2) is 5.82 Å². The molecule has 0 aliphatic carbocycles. The van der Waals surface area contributed by atoms with Crippen LogP contribution in [0, 0.1) is 12.7 Å². The third-order valence-electron chi connectivity index (χ3n) is 7.16. The van der Waals surface area contributed by atoms with Crippen LogP contribution >= 0.6 is 0 Å². The smallest absolute Gasteiger partial charge is 0.415 e. The first-order chi connectivity index (χ1) is 22.0. The molecule has 252 valence electrons. The van der Waals surface area contributed by atoms with Crippen molar-refractivity contribution in [2.45, 2.75) is 71.9 Å². The van der Waals surface area contributed by atoms with Gasteiger partial charge in [-0.3, -0.25) is 15.5 Å². The van der Waals surface area contributed by atoms with E-state index in [4.69, 9.17) is 18.9 Å². The second kappa shape index (κ2) is 12.8. The minimum Gasteiger partial charge on any atom is -0.474 e. The summed E-state index contributed by atoms with van der Waals surface area (Å²) < 4.78 is 52.3. The summed E-state index contributed by atoms with van der Waals surface area (Å²) in [5.41, 5.74) is -0.755. The molecule has 4 amide bonds. The number of anilines is 3. The van der Waals surface area contributed by atoms with E-state index in [0.29, 0.717) is 22.2 Å². The van der Waals surface area contributed by atoms with Gasteiger partial charge in [0.25, 0.3) is 0 Å². The summed E-state index contributed by atoms with van der Waals surface area (Å²) in [7, 11) is 0. The van der Waals surface area contributed by atoms with Crippen molar-refractivity contribution in [1.82, 2.24) is 15.3 Å². The Morgan fingerprint density at radius 1 is 0.979 bits per heavy atom. The highest BCUT2D eigenvalue weighted by molar-refractivity contribution is 6.05. The number of halogens is 2. The van der Waals surface area contributed by atoms with Crippen molar-refractivity contribution in [3.05, 3.63) is 35.9 Å². The van der Waals surface area contributed by atoms with Gasteiger partial charge in [-0.05, 0) is 71.5 Å². The number of carbonyl (C=O) groups is 3. The number of aromatic nitrogens is 2. The van der Waals surface area contributed by atoms with Crippen LogP contribution in [0.3, 0.4) is 0 Å². The summed E-state index contributed by atoms with van der Waals surface area (Å²) in [4.78, 5) is 48.6. The number of carbonyl (C=O) groups excluding carboxylic acids is 3. The first kappa shape index (κ1) is 33.6. The summed E-state index contributed by atoms with van der Waals surface area (Å²) in [5.74, 6) is -0.555. The first-order valence-corrected chi connectivity index (χ1v) is 15.1. The van der Waals surface area contributed by atoms with E-state index in [-0.39, 0.29) is 54.7 Å². The highest BCUT2D eigenvalue weighted by Crippen LogP contribution is 2.42. The fraction of sp³-hybridized carbons (Fsp3) is 0.469. The van der Waals surface area contributed by atoms with E-state index in [1.807, 2.05) is 0 Å². The summed E-state index contributed by atoms with van der Waals surface area (Å²) in [6.45, 7) is 12.2. The molecular formula is C32H38F2N6O7. The number of amides is 4. The second-order valence-corrected chi connectivity index (χ2v) is 13.2. The van der Waals surface area contributed by atoms with Gasteiger partial charge < -0.3 is 24.3 Å². The summed E-state index contributed by atoms with van der Waals surface area (Å²) in [5, 5.41) is 8.16. The topological polar surface area (TPSA) is 153 Å². The number of urea groups is 1. The van der Waals surface area contributed by atoms with E-state index in [0.717, 1.165) is 0 Å². The maximum atomic E-state index is 16.6. The van der Waals surface area contributed by atoms with Gasteiger partial charge in [-0.2, -0.15) is 0 Å². The molecule has 0 radical (unpaired) electrons. The Kier molecular flexibility index (Phi) is 9.13. The molecule has 47 heavy (non-hydrogen) atoms. The molecule has 4 heterocycles. The van der Waals surface area contributed by atoms with Crippen LogP contribution < -0.4 is 25.6 Å². The second-order valence-electron chi connectivity index (χ2n) is 13.2. The Morgan fingerprint density at radius 3 is 2.36 bits per heavy atom. The van der Waals surface area contributed by atoms with Crippen LogP contribution in [0.4, 0.5) is 40.4 Å². The number of hydrogen-bond acceptors (Lipinski definition) is 9. The number of benzene rings is 1. The molecule has 5 rings (SSSR count). The maximum Gasteiger partial charge on any atom is 0.415 e. The zero-order chi connectivity index (χ0) is 34.3. The zero-order valence-electron chi connectivity index (χ0n) is 27.2. The molecule has 0 spiro atoms. The molecule has 2 aliphatic rings. The monoisotopic (exact) mass is 656 g/mol. The van der Waals surface area contributed by atoms with Crippen molar-refractivity contribution >= 4 is 46.2 Å². The summed E-state index contributed by atoms with van der Waals surface area (Å²) in [6, 6.07) is 1.47. The van der Waals surface area contributed by atoms with Crippen molar-refractivity contribution in [3.8, 4) is 17.0 Å². The number of hydrogen-bond donors (Lipinski definition) is 3. The molecule has 0 bridgehead atoms. The van der Waals surface area contributed by atoms with Crippen LogP contribution in [0.5, 0.6) is 5.88 Å². The SMILES string of the molecule is Cc1c(-c2cc3cc(NC(=O)N[C@H]4COC[C@H]4F)ncc3c(NC(=O)OC(C)(C)C)c2F)cnc2c1N(C(=O)OC(C)(C)C)CCO2. The largest absolute Gasteiger partial charge is 0.474 e. The number of rotatable bonds is 4. The highest BCUT2D eigenvalue weighted by atomic mass is 19.1. The summed E-state index contributed by atoms with van der Waals surface area (Å²) in [6.07, 6.45) is -0.155. The minimum atomic E-state index is -1.34. The van der Waals surface area contributed by atoms with Gasteiger partial charge in [0, 0.05) is 28.9 Å². The van der Waals surface area contributed by atoms with Crippen LogP contribution in [-0.4, -0.2) is 78.0 Å². The number of pyridine rings is 2. The Labute approximate surface area is 270 Å². The van der Waals surface area contributed by atoms with Crippen LogP contribution in [-0.2, 0) is 14.2 Å². The van der Waals surface area contributed by atoms with Gasteiger partial charge in [-0.15, -0.1) is 0 Å². The van der Waals surface area contributed by atoms with Crippen molar-refractivity contribution in [3.63, 3.8) is 0 Å². The molecule has 0 unspecified atom stereocenters. The van der Waals surface area contributed by atoms with Crippen LogP contribution in [0.1, 0.15) is 47.1 Å². The molecule has 13 nitrogen and oxygen atoms in total. The van der Waals surface area contributed by atoms with Crippen molar-refractivity contribution < 1.29 is 42.1 Å². The third kappa shape index (κ3) is 7.62. The Hall–Kier alpha value is -4.79. The lowest BCUT2D eigenvalue weighted by Gasteiger charge is -2.32. The van der Waals surface area contributed by atoms with E-state index in [9.17, 15) is 18.8 Å². The van der Waals surface area contributed by atoms with Crippen molar-refractivity contribution in [2.24, 2.45) is 0 Å². The minimum absolute atomic E-state index is 0.0241. The molecule has 1 aromatic carbocycles. The Balaban J connectivity index is 1.59. The molecular weight excluding hydrogens is 618 g/mol. The Bertz CT molecular complexity index is 1720. The van der Waals surface area contributed by atoms with E-state index < -0.39 is 47.5 Å². The van der Waals surface area contributed by atoms with Gasteiger partial charge in [-0.1, -0.05) is 0 Å². The molecule has 2 atom stereocenters. The summed E-state index contributed by atoms with van der Waals surface area (Å²) >= 11 is 0. The molecule has 1 saturated heterocycles. The Morgan fingerprint density at radius 2 is 1.70 bits per heavy atom. The van der Waals surface area contributed by atoms with Crippen LogP contribution in [0.2, 0.25) is 0 Å². The standard InChI is InChI=1S/C32H38F2N6O7/c1-16-19(12-36-27-26(16)40(8-9-45-27)30(43)47-32(5,6)7)18-10-17-11-23(38-28(41)37-22-15-44-14-21(22)33)35-13-20(17)25(24(18)34)39-29(42)46-31(2,3)4/h10-13,21-22H,8-9,14-15H2,1-7H3,(H,39,42)(H2,35,37,38,41)/t21-,22+/m1/s1. The maximum absolute atomic E-state index is 16.6. The predicted octanol–water partition coefficient (Wildman–Crippen LogP) is 6.08. The molecule has 1 fully saturated rings. The number of alkyl halides is 1. The normalized spacial score (nSPS) is 17.9.